The Morgan fingerprint density at radius 2 is 2.12 bits per heavy atom. The van der Waals surface area contributed by atoms with Gasteiger partial charge in [-0.25, -0.2) is 0 Å². The Balaban J connectivity index is 1.88. The van der Waals surface area contributed by atoms with Crippen molar-refractivity contribution in [2.24, 2.45) is 11.3 Å². The molecule has 0 aromatic rings. The summed E-state index contributed by atoms with van der Waals surface area (Å²) in [6, 6.07) is 0.578. The molecular formula is C14H26N2O. The molecule has 3 unspecified atom stereocenters. The van der Waals surface area contributed by atoms with Gasteiger partial charge in [-0.15, -0.1) is 0 Å². The third-order valence-corrected chi connectivity index (χ3v) is 4.39. The molecule has 0 bridgehead atoms. The molecule has 1 aliphatic carbocycles. The van der Waals surface area contributed by atoms with Crippen LogP contribution in [-0.2, 0) is 4.79 Å². The molecule has 3 atom stereocenters. The summed E-state index contributed by atoms with van der Waals surface area (Å²) in [6.07, 6.45) is 5.84. The quantitative estimate of drug-likeness (QED) is 0.773. The number of hydrogen-bond donors (Lipinski definition) is 2. The van der Waals surface area contributed by atoms with Crippen LogP contribution in [0.4, 0.5) is 0 Å². The number of piperidine rings is 1. The van der Waals surface area contributed by atoms with Gasteiger partial charge < -0.3 is 10.6 Å². The minimum absolute atomic E-state index is 0.0532. The number of amides is 1. The van der Waals surface area contributed by atoms with Gasteiger partial charge >= 0.3 is 0 Å². The van der Waals surface area contributed by atoms with Crippen molar-refractivity contribution in [1.29, 1.82) is 0 Å². The molecule has 0 spiro atoms. The highest BCUT2D eigenvalue weighted by Gasteiger charge is 2.34. The third-order valence-electron chi connectivity index (χ3n) is 4.39. The molecule has 2 rings (SSSR count). The molecule has 0 radical (unpaired) electrons. The molecule has 1 saturated heterocycles. The smallest absolute Gasteiger partial charge is 0.237 e. The van der Waals surface area contributed by atoms with Crippen molar-refractivity contribution in [3.63, 3.8) is 0 Å². The first kappa shape index (κ1) is 12.9. The van der Waals surface area contributed by atoms with E-state index in [4.69, 9.17) is 0 Å². The Labute approximate surface area is 105 Å². The monoisotopic (exact) mass is 238 g/mol. The van der Waals surface area contributed by atoms with Crippen LogP contribution in [-0.4, -0.2) is 24.5 Å². The van der Waals surface area contributed by atoms with Gasteiger partial charge in [0, 0.05) is 12.6 Å². The molecule has 98 valence electrons. The molecule has 0 aromatic heterocycles. The van der Waals surface area contributed by atoms with Crippen LogP contribution >= 0.6 is 0 Å². The van der Waals surface area contributed by atoms with Crippen molar-refractivity contribution >= 4 is 5.91 Å². The topological polar surface area (TPSA) is 41.1 Å². The lowest BCUT2D eigenvalue weighted by Gasteiger charge is -2.41. The SMILES string of the molecule is CC1CC(C)(C)CCC1NC1CCCNC1=O. The molecule has 2 N–H and O–H groups in total. The van der Waals surface area contributed by atoms with Gasteiger partial charge in [0.2, 0.25) is 5.91 Å². The maximum absolute atomic E-state index is 11.7. The van der Waals surface area contributed by atoms with Gasteiger partial charge in [-0.1, -0.05) is 20.8 Å². The second-order valence-electron chi connectivity index (χ2n) is 6.64. The maximum Gasteiger partial charge on any atom is 0.237 e. The van der Waals surface area contributed by atoms with Crippen molar-refractivity contribution in [3.8, 4) is 0 Å². The van der Waals surface area contributed by atoms with Gasteiger partial charge in [0.15, 0.2) is 0 Å². The zero-order chi connectivity index (χ0) is 12.5. The van der Waals surface area contributed by atoms with Gasteiger partial charge in [0.05, 0.1) is 6.04 Å². The predicted octanol–water partition coefficient (Wildman–Crippen LogP) is 2.07. The van der Waals surface area contributed by atoms with E-state index in [0.29, 0.717) is 17.4 Å². The van der Waals surface area contributed by atoms with Crippen LogP contribution in [0, 0.1) is 11.3 Å². The summed E-state index contributed by atoms with van der Waals surface area (Å²) >= 11 is 0. The Hall–Kier alpha value is -0.570. The highest BCUT2D eigenvalue weighted by Crippen LogP contribution is 2.38. The molecule has 1 amide bonds. The summed E-state index contributed by atoms with van der Waals surface area (Å²) in [5.41, 5.74) is 0.479. The van der Waals surface area contributed by atoms with E-state index in [1.165, 1.54) is 19.3 Å². The minimum atomic E-state index is 0.0532. The molecule has 1 saturated carbocycles. The van der Waals surface area contributed by atoms with Crippen molar-refractivity contribution in [3.05, 3.63) is 0 Å². The third kappa shape index (κ3) is 3.21. The van der Waals surface area contributed by atoms with Crippen molar-refractivity contribution in [2.75, 3.05) is 6.54 Å². The fraction of sp³-hybridized carbons (Fsp3) is 0.929. The Bertz CT molecular complexity index is 288. The zero-order valence-corrected chi connectivity index (χ0v) is 11.4. The highest BCUT2D eigenvalue weighted by molar-refractivity contribution is 5.82. The highest BCUT2D eigenvalue weighted by atomic mass is 16.2. The molecular weight excluding hydrogens is 212 g/mol. The lowest BCUT2D eigenvalue weighted by molar-refractivity contribution is -0.125. The van der Waals surface area contributed by atoms with Crippen LogP contribution < -0.4 is 10.6 Å². The summed E-state index contributed by atoms with van der Waals surface area (Å²) in [5.74, 6) is 0.877. The first-order valence-corrected chi connectivity index (χ1v) is 7.02. The van der Waals surface area contributed by atoms with Crippen LogP contribution in [0.1, 0.15) is 52.9 Å². The number of carbonyl (C=O) groups excluding carboxylic acids is 1. The summed E-state index contributed by atoms with van der Waals surface area (Å²) in [7, 11) is 0. The molecule has 3 heteroatoms. The second kappa shape index (κ2) is 4.97. The molecule has 2 fully saturated rings. The van der Waals surface area contributed by atoms with Crippen LogP contribution in [0.15, 0.2) is 0 Å². The van der Waals surface area contributed by atoms with Gasteiger partial charge in [-0.05, 0) is 43.4 Å². The van der Waals surface area contributed by atoms with E-state index in [2.05, 4.69) is 31.4 Å². The first-order valence-electron chi connectivity index (χ1n) is 7.02. The van der Waals surface area contributed by atoms with E-state index in [9.17, 15) is 4.79 Å². The zero-order valence-electron chi connectivity index (χ0n) is 11.4. The molecule has 2 aliphatic rings. The summed E-state index contributed by atoms with van der Waals surface area (Å²) in [4.78, 5) is 11.7. The second-order valence-corrected chi connectivity index (χ2v) is 6.64. The van der Waals surface area contributed by atoms with Crippen LogP contribution in [0.25, 0.3) is 0 Å². The minimum Gasteiger partial charge on any atom is -0.355 e. The normalized spacial score (nSPS) is 37.6. The van der Waals surface area contributed by atoms with Crippen molar-refractivity contribution in [2.45, 2.75) is 65.0 Å². The fourth-order valence-electron chi connectivity index (χ4n) is 3.38. The lowest BCUT2D eigenvalue weighted by Crippen LogP contribution is -2.54. The summed E-state index contributed by atoms with van der Waals surface area (Å²) in [5, 5.41) is 6.53. The fourth-order valence-corrected chi connectivity index (χ4v) is 3.38. The molecule has 3 nitrogen and oxygen atoms in total. The largest absolute Gasteiger partial charge is 0.355 e. The Kier molecular flexibility index (Phi) is 3.76. The molecule has 1 heterocycles. The number of hydrogen-bond acceptors (Lipinski definition) is 2. The van der Waals surface area contributed by atoms with Gasteiger partial charge in [0.1, 0.15) is 0 Å². The maximum atomic E-state index is 11.7. The lowest BCUT2D eigenvalue weighted by atomic mass is 9.70. The predicted molar refractivity (Wildman–Crippen MR) is 69.8 cm³/mol. The van der Waals surface area contributed by atoms with E-state index in [1.54, 1.807) is 0 Å². The van der Waals surface area contributed by atoms with Crippen LogP contribution in [0.5, 0.6) is 0 Å². The number of rotatable bonds is 2. The summed E-state index contributed by atoms with van der Waals surface area (Å²) < 4.78 is 0. The first-order chi connectivity index (χ1) is 7.98. The Morgan fingerprint density at radius 1 is 1.35 bits per heavy atom. The molecule has 1 aliphatic heterocycles. The average molecular weight is 238 g/mol. The Morgan fingerprint density at radius 3 is 2.76 bits per heavy atom. The van der Waals surface area contributed by atoms with E-state index < -0.39 is 0 Å². The number of nitrogens with one attached hydrogen (secondary N) is 2. The van der Waals surface area contributed by atoms with E-state index in [1.807, 2.05) is 0 Å². The van der Waals surface area contributed by atoms with Gasteiger partial charge in [-0.2, -0.15) is 0 Å². The van der Waals surface area contributed by atoms with Crippen LogP contribution in [0.2, 0.25) is 0 Å². The van der Waals surface area contributed by atoms with E-state index >= 15 is 0 Å². The number of carbonyl (C=O) groups is 1. The molecule has 0 aromatic carbocycles. The van der Waals surface area contributed by atoms with Crippen molar-refractivity contribution < 1.29 is 4.79 Å². The van der Waals surface area contributed by atoms with E-state index in [0.717, 1.165) is 19.4 Å². The van der Waals surface area contributed by atoms with Gasteiger partial charge in [-0.3, -0.25) is 4.79 Å². The summed E-state index contributed by atoms with van der Waals surface area (Å²) in [6.45, 7) is 7.88. The van der Waals surface area contributed by atoms with Gasteiger partial charge in [0.25, 0.3) is 0 Å². The van der Waals surface area contributed by atoms with Crippen molar-refractivity contribution in [1.82, 2.24) is 10.6 Å². The van der Waals surface area contributed by atoms with Crippen LogP contribution in [0.3, 0.4) is 0 Å². The van der Waals surface area contributed by atoms with E-state index in [-0.39, 0.29) is 11.9 Å². The molecule has 17 heavy (non-hydrogen) atoms. The standard InChI is InChI=1S/C14H26N2O/c1-10-9-14(2,3)7-6-11(10)16-12-5-4-8-15-13(12)17/h10-12,16H,4-9H2,1-3H3,(H,15,17). The average Bonchev–Trinajstić information content (AvgIpc) is 2.24.